The van der Waals surface area contributed by atoms with Gasteiger partial charge in [-0.1, -0.05) is 35.8 Å². The van der Waals surface area contributed by atoms with Crippen molar-refractivity contribution in [3.05, 3.63) is 28.2 Å². The van der Waals surface area contributed by atoms with Gasteiger partial charge >= 0.3 is 0 Å². The van der Waals surface area contributed by atoms with E-state index in [2.05, 4.69) is 65.5 Å². The van der Waals surface area contributed by atoms with Crippen LogP contribution in [0.4, 0.5) is 5.69 Å². The Balaban J connectivity index is 2.40. The SMILES string of the molecule is Cc1ccc(Br)cc1NCCNC(C)C. The minimum Gasteiger partial charge on any atom is -0.384 e. The van der Waals surface area contributed by atoms with Crippen LogP contribution < -0.4 is 10.6 Å². The average Bonchev–Trinajstić information content (AvgIpc) is 2.17. The van der Waals surface area contributed by atoms with Gasteiger partial charge in [0.1, 0.15) is 0 Å². The van der Waals surface area contributed by atoms with Gasteiger partial charge in [-0.15, -0.1) is 0 Å². The van der Waals surface area contributed by atoms with Crippen molar-refractivity contribution in [3.8, 4) is 0 Å². The first-order chi connectivity index (χ1) is 7.09. The van der Waals surface area contributed by atoms with Gasteiger partial charge in [0.2, 0.25) is 0 Å². The predicted molar refractivity (Wildman–Crippen MR) is 70.5 cm³/mol. The van der Waals surface area contributed by atoms with Crippen molar-refractivity contribution < 1.29 is 0 Å². The van der Waals surface area contributed by atoms with E-state index in [4.69, 9.17) is 0 Å². The highest BCUT2D eigenvalue weighted by atomic mass is 79.9. The summed E-state index contributed by atoms with van der Waals surface area (Å²) in [5.74, 6) is 0. The number of hydrogen-bond acceptors (Lipinski definition) is 2. The van der Waals surface area contributed by atoms with E-state index in [9.17, 15) is 0 Å². The summed E-state index contributed by atoms with van der Waals surface area (Å²) in [7, 11) is 0. The Bertz CT molecular complexity index is 310. The molecule has 1 aromatic rings. The van der Waals surface area contributed by atoms with Crippen molar-refractivity contribution in [1.29, 1.82) is 0 Å². The van der Waals surface area contributed by atoms with Crippen LogP contribution in [0.15, 0.2) is 22.7 Å². The van der Waals surface area contributed by atoms with Crippen molar-refractivity contribution >= 4 is 21.6 Å². The third-order valence-electron chi connectivity index (χ3n) is 2.19. The smallest absolute Gasteiger partial charge is 0.0381 e. The summed E-state index contributed by atoms with van der Waals surface area (Å²) in [5, 5.41) is 6.79. The number of hydrogen-bond donors (Lipinski definition) is 2. The molecule has 1 aromatic carbocycles. The van der Waals surface area contributed by atoms with Crippen LogP contribution in [0, 0.1) is 6.92 Å². The summed E-state index contributed by atoms with van der Waals surface area (Å²) in [6.45, 7) is 8.37. The molecule has 0 aliphatic heterocycles. The molecule has 0 aliphatic carbocycles. The predicted octanol–water partition coefficient (Wildman–Crippen LogP) is 3.17. The molecule has 3 heteroatoms. The lowest BCUT2D eigenvalue weighted by atomic mass is 10.2. The molecule has 0 atom stereocenters. The van der Waals surface area contributed by atoms with Gasteiger partial charge in [-0.2, -0.15) is 0 Å². The summed E-state index contributed by atoms with van der Waals surface area (Å²) in [4.78, 5) is 0. The van der Waals surface area contributed by atoms with Crippen molar-refractivity contribution in [2.45, 2.75) is 26.8 Å². The van der Waals surface area contributed by atoms with E-state index in [0.29, 0.717) is 6.04 Å². The third-order valence-corrected chi connectivity index (χ3v) is 2.69. The molecule has 0 spiro atoms. The van der Waals surface area contributed by atoms with Gasteiger partial charge in [0, 0.05) is 29.3 Å². The third kappa shape index (κ3) is 4.67. The molecule has 2 nitrogen and oxygen atoms in total. The number of rotatable bonds is 5. The van der Waals surface area contributed by atoms with Crippen LogP contribution in [0.2, 0.25) is 0 Å². The molecule has 0 bridgehead atoms. The van der Waals surface area contributed by atoms with E-state index in [1.807, 2.05) is 0 Å². The highest BCUT2D eigenvalue weighted by molar-refractivity contribution is 9.10. The zero-order valence-electron chi connectivity index (χ0n) is 9.60. The van der Waals surface area contributed by atoms with E-state index in [1.54, 1.807) is 0 Å². The van der Waals surface area contributed by atoms with E-state index in [0.717, 1.165) is 17.6 Å². The molecule has 2 N–H and O–H groups in total. The van der Waals surface area contributed by atoms with Crippen molar-refractivity contribution in [1.82, 2.24) is 5.32 Å². The number of benzene rings is 1. The summed E-state index contributed by atoms with van der Waals surface area (Å²) in [6, 6.07) is 6.84. The molecule has 0 saturated carbocycles. The molecule has 0 radical (unpaired) electrons. The van der Waals surface area contributed by atoms with Crippen LogP contribution in [0.25, 0.3) is 0 Å². The average molecular weight is 271 g/mol. The summed E-state index contributed by atoms with van der Waals surface area (Å²) in [5.41, 5.74) is 2.48. The molecule has 0 aromatic heterocycles. The Morgan fingerprint density at radius 1 is 1.27 bits per heavy atom. The lowest BCUT2D eigenvalue weighted by Crippen LogP contribution is -2.28. The first-order valence-corrected chi connectivity index (χ1v) is 6.12. The monoisotopic (exact) mass is 270 g/mol. The Kier molecular flexibility index (Phi) is 5.12. The van der Waals surface area contributed by atoms with Crippen LogP contribution in [0.3, 0.4) is 0 Å². The maximum Gasteiger partial charge on any atom is 0.0381 e. The molecule has 0 fully saturated rings. The zero-order chi connectivity index (χ0) is 11.3. The second-order valence-electron chi connectivity index (χ2n) is 3.99. The fourth-order valence-corrected chi connectivity index (χ4v) is 1.70. The van der Waals surface area contributed by atoms with Gasteiger partial charge in [0.05, 0.1) is 0 Å². The summed E-state index contributed by atoms with van der Waals surface area (Å²) in [6.07, 6.45) is 0. The molecule has 0 heterocycles. The van der Waals surface area contributed by atoms with Crippen LogP contribution in [-0.2, 0) is 0 Å². The fraction of sp³-hybridized carbons (Fsp3) is 0.500. The van der Waals surface area contributed by atoms with Crippen LogP contribution in [0.5, 0.6) is 0 Å². The Hall–Kier alpha value is -0.540. The summed E-state index contributed by atoms with van der Waals surface area (Å²) >= 11 is 3.47. The van der Waals surface area contributed by atoms with Gasteiger partial charge in [0.25, 0.3) is 0 Å². The zero-order valence-corrected chi connectivity index (χ0v) is 11.2. The van der Waals surface area contributed by atoms with Gasteiger partial charge in [-0.05, 0) is 24.6 Å². The first-order valence-electron chi connectivity index (χ1n) is 5.33. The van der Waals surface area contributed by atoms with Gasteiger partial charge in [0.15, 0.2) is 0 Å². The molecule has 0 saturated heterocycles. The molecular weight excluding hydrogens is 252 g/mol. The number of aryl methyl sites for hydroxylation is 1. The molecule has 84 valence electrons. The Morgan fingerprint density at radius 3 is 2.67 bits per heavy atom. The van der Waals surface area contributed by atoms with Crippen molar-refractivity contribution in [2.75, 3.05) is 18.4 Å². The first kappa shape index (κ1) is 12.5. The fourth-order valence-electron chi connectivity index (χ4n) is 1.34. The summed E-state index contributed by atoms with van der Waals surface area (Å²) < 4.78 is 1.12. The van der Waals surface area contributed by atoms with E-state index < -0.39 is 0 Å². The topological polar surface area (TPSA) is 24.1 Å². The van der Waals surface area contributed by atoms with Gasteiger partial charge in [-0.3, -0.25) is 0 Å². The minimum absolute atomic E-state index is 0.551. The number of halogens is 1. The second-order valence-corrected chi connectivity index (χ2v) is 4.91. The van der Waals surface area contributed by atoms with Crippen LogP contribution in [-0.4, -0.2) is 19.1 Å². The van der Waals surface area contributed by atoms with E-state index >= 15 is 0 Å². The number of nitrogens with one attached hydrogen (secondary N) is 2. The van der Waals surface area contributed by atoms with Crippen LogP contribution in [0.1, 0.15) is 19.4 Å². The largest absolute Gasteiger partial charge is 0.384 e. The van der Waals surface area contributed by atoms with Gasteiger partial charge in [-0.25, -0.2) is 0 Å². The highest BCUT2D eigenvalue weighted by Gasteiger charge is 1.98. The second kappa shape index (κ2) is 6.13. The lowest BCUT2D eigenvalue weighted by molar-refractivity contribution is 0.602. The highest BCUT2D eigenvalue weighted by Crippen LogP contribution is 2.20. The number of anilines is 1. The van der Waals surface area contributed by atoms with Crippen molar-refractivity contribution in [2.24, 2.45) is 0 Å². The van der Waals surface area contributed by atoms with E-state index in [1.165, 1.54) is 11.3 Å². The molecule has 0 amide bonds. The Labute approximate surface area is 101 Å². The van der Waals surface area contributed by atoms with Crippen LogP contribution >= 0.6 is 15.9 Å². The molecule has 0 aliphatic rings. The Morgan fingerprint density at radius 2 is 2.00 bits per heavy atom. The standard InChI is InChI=1S/C12H19BrN2/c1-9(2)14-6-7-15-12-8-11(13)5-4-10(12)3/h4-5,8-9,14-15H,6-7H2,1-3H3. The van der Waals surface area contributed by atoms with E-state index in [-0.39, 0.29) is 0 Å². The van der Waals surface area contributed by atoms with Gasteiger partial charge < -0.3 is 10.6 Å². The van der Waals surface area contributed by atoms with Crippen molar-refractivity contribution in [3.63, 3.8) is 0 Å². The quantitative estimate of drug-likeness (QED) is 0.804. The molecular formula is C12H19BrN2. The minimum atomic E-state index is 0.551. The lowest BCUT2D eigenvalue weighted by Gasteiger charge is -2.12. The molecule has 15 heavy (non-hydrogen) atoms. The maximum absolute atomic E-state index is 3.47. The molecule has 0 unspecified atom stereocenters. The normalized spacial score (nSPS) is 10.7. The molecule has 1 rings (SSSR count). The maximum atomic E-state index is 3.47.